The summed E-state index contributed by atoms with van der Waals surface area (Å²) in [5, 5.41) is 16.6. The number of aryl methyl sites for hydroxylation is 1. The van der Waals surface area contributed by atoms with E-state index in [4.69, 9.17) is 5.11 Å². The number of hydrogen-bond acceptors (Lipinski definition) is 3. The minimum atomic E-state index is -0.520. The van der Waals surface area contributed by atoms with Gasteiger partial charge in [-0.3, -0.25) is 0 Å². The number of aliphatic hydroxyl groups excluding tert-OH is 1. The summed E-state index contributed by atoms with van der Waals surface area (Å²) < 4.78 is 0. The second-order valence-corrected chi connectivity index (χ2v) is 2.28. The van der Waals surface area contributed by atoms with Gasteiger partial charge in [-0.15, -0.1) is 0 Å². The topological polar surface area (TPSA) is 46.0 Å². The Morgan fingerprint density at radius 2 is 2.10 bits per heavy atom. The van der Waals surface area contributed by atoms with Crippen molar-refractivity contribution in [2.24, 2.45) is 0 Å². The van der Waals surface area contributed by atoms with Gasteiger partial charge < -0.3 is 5.11 Å². The van der Waals surface area contributed by atoms with E-state index in [9.17, 15) is 0 Å². The Morgan fingerprint density at radius 3 is 2.50 bits per heavy atom. The van der Waals surface area contributed by atoms with Gasteiger partial charge in [0.1, 0.15) is 0 Å². The zero-order chi connectivity index (χ0) is 7.56. The Bertz CT molecular complexity index is 205. The van der Waals surface area contributed by atoms with Crippen LogP contribution in [-0.2, 0) is 0 Å². The van der Waals surface area contributed by atoms with Crippen molar-refractivity contribution in [2.75, 3.05) is 0 Å². The highest BCUT2D eigenvalue weighted by Gasteiger charge is 2.00. The molecule has 0 aromatic carbocycles. The summed E-state index contributed by atoms with van der Waals surface area (Å²) >= 11 is 0. The third-order valence-corrected chi connectivity index (χ3v) is 1.25. The van der Waals surface area contributed by atoms with E-state index in [1.807, 2.05) is 13.0 Å². The van der Waals surface area contributed by atoms with Crippen molar-refractivity contribution in [3.63, 3.8) is 0 Å². The number of hydrogen-bond donors (Lipinski definition) is 1. The van der Waals surface area contributed by atoms with Gasteiger partial charge in [-0.25, -0.2) is 0 Å². The van der Waals surface area contributed by atoms with Crippen LogP contribution >= 0.6 is 0 Å². The minimum Gasteiger partial charge on any atom is -0.387 e. The molecule has 1 heterocycles. The maximum absolute atomic E-state index is 9.01. The molecule has 3 heteroatoms. The molecule has 0 spiro atoms. The van der Waals surface area contributed by atoms with Crippen molar-refractivity contribution in [1.29, 1.82) is 0 Å². The molecule has 0 saturated carbocycles. The summed E-state index contributed by atoms with van der Waals surface area (Å²) in [6.45, 7) is 3.53. The fourth-order valence-electron chi connectivity index (χ4n) is 0.632. The lowest BCUT2D eigenvalue weighted by Gasteiger charge is -2.00. The molecule has 1 atom stereocenters. The zero-order valence-electron chi connectivity index (χ0n) is 6.07. The molecule has 1 rings (SSSR count). The van der Waals surface area contributed by atoms with Crippen LogP contribution < -0.4 is 0 Å². The molecule has 54 valence electrons. The highest BCUT2D eigenvalue weighted by molar-refractivity contribution is 5.06. The first-order valence-electron chi connectivity index (χ1n) is 3.18. The first-order valence-corrected chi connectivity index (χ1v) is 3.18. The van der Waals surface area contributed by atoms with Gasteiger partial charge in [0.05, 0.1) is 17.5 Å². The molecule has 0 fully saturated rings. The quantitative estimate of drug-likeness (QED) is 0.625. The molecular weight excluding hydrogens is 128 g/mol. The maximum atomic E-state index is 9.01. The van der Waals surface area contributed by atoms with Gasteiger partial charge in [-0.2, -0.15) is 10.2 Å². The van der Waals surface area contributed by atoms with E-state index in [-0.39, 0.29) is 0 Å². The van der Waals surface area contributed by atoms with Gasteiger partial charge in [0, 0.05) is 0 Å². The predicted octanol–water partition coefficient (Wildman–Crippen LogP) is 0.838. The van der Waals surface area contributed by atoms with E-state index >= 15 is 0 Å². The van der Waals surface area contributed by atoms with Gasteiger partial charge in [-0.05, 0) is 26.0 Å². The highest BCUT2D eigenvalue weighted by atomic mass is 16.3. The normalized spacial score (nSPS) is 13.1. The van der Waals surface area contributed by atoms with Crippen LogP contribution in [0.25, 0.3) is 0 Å². The summed E-state index contributed by atoms with van der Waals surface area (Å²) in [4.78, 5) is 0. The van der Waals surface area contributed by atoms with Crippen molar-refractivity contribution in [3.8, 4) is 0 Å². The van der Waals surface area contributed by atoms with E-state index in [1.165, 1.54) is 0 Å². The van der Waals surface area contributed by atoms with Crippen LogP contribution in [-0.4, -0.2) is 15.3 Å². The molecule has 0 amide bonds. The minimum absolute atomic E-state index is 0.520. The predicted molar refractivity (Wildman–Crippen MR) is 37.4 cm³/mol. The van der Waals surface area contributed by atoms with Crippen molar-refractivity contribution in [2.45, 2.75) is 20.0 Å². The van der Waals surface area contributed by atoms with E-state index in [1.54, 1.807) is 13.0 Å². The van der Waals surface area contributed by atoms with Gasteiger partial charge in [0.2, 0.25) is 0 Å². The monoisotopic (exact) mass is 138 g/mol. The molecule has 0 unspecified atom stereocenters. The Hall–Kier alpha value is -0.960. The van der Waals surface area contributed by atoms with Crippen LogP contribution in [0.2, 0.25) is 0 Å². The van der Waals surface area contributed by atoms with Gasteiger partial charge in [-0.1, -0.05) is 0 Å². The first-order chi connectivity index (χ1) is 4.70. The average Bonchev–Trinajstić information content (AvgIpc) is 1.88. The van der Waals surface area contributed by atoms with E-state index in [0.717, 1.165) is 5.69 Å². The molecule has 1 aromatic rings. The summed E-state index contributed by atoms with van der Waals surface area (Å²) in [6.07, 6.45) is -0.520. The van der Waals surface area contributed by atoms with Crippen LogP contribution in [0.15, 0.2) is 12.1 Å². The standard InChI is InChI=1S/C7H10N2O/c1-5-3-4-7(6(2)10)9-8-5/h3-4,6,10H,1-2H3/t6-/m0/s1. The Labute approximate surface area is 59.7 Å². The van der Waals surface area contributed by atoms with E-state index < -0.39 is 6.10 Å². The molecule has 0 aliphatic heterocycles. The van der Waals surface area contributed by atoms with Crippen LogP contribution in [0, 0.1) is 6.92 Å². The number of aliphatic hydroxyl groups is 1. The van der Waals surface area contributed by atoms with Crippen molar-refractivity contribution in [1.82, 2.24) is 10.2 Å². The van der Waals surface area contributed by atoms with Gasteiger partial charge in [0.25, 0.3) is 0 Å². The average molecular weight is 138 g/mol. The van der Waals surface area contributed by atoms with Crippen LogP contribution in [0.5, 0.6) is 0 Å². The Kier molecular flexibility index (Phi) is 1.97. The molecule has 1 N–H and O–H groups in total. The molecule has 1 aromatic heterocycles. The summed E-state index contributed by atoms with van der Waals surface area (Å²) in [7, 11) is 0. The summed E-state index contributed by atoms with van der Waals surface area (Å²) in [6, 6.07) is 3.60. The summed E-state index contributed by atoms with van der Waals surface area (Å²) in [5.41, 5.74) is 1.48. The third-order valence-electron chi connectivity index (χ3n) is 1.25. The van der Waals surface area contributed by atoms with E-state index in [2.05, 4.69) is 10.2 Å². The zero-order valence-corrected chi connectivity index (χ0v) is 6.07. The number of aromatic nitrogens is 2. The molecule has 0 aliphatic rings. The van der Waals surface area contributed by atoms with Crippen LogP contribution in [0.4, 0.5) is 0 Å². The fourth-order valence-corrected chi connectivity index (χ4v) is 0.632. The van der Waals surface area contributed by atoms with E-state index in [0.29, 0.717) is 5.69 Å². The van der Waals surface area contributed by atoms with Gasteiger partial charge in [0.15, 0.2) is 0 Å². The lowest BCUT2D eigenvalue weighted by Crippen LogP contribution is -1.97. The number of rotatable bonds is 1. The third kappa shape index (κ3) is 1.51. The second kappa shape index (κ2) is 2.75. The van der Waals surface area contributed by atoms with Crippen molar-refractivity contribution >= 4 is 0 Å². The van der Waals surface area contributed by atoms with Crippen LogP contribution in [0.1, 0.15) is 24.4 Å². The fraction of sp³-hybridized carbons (Fsp3) is 0.429. The Balaban J connectivity index is 2.89. The lowest BCUT2D eigenvalue weighted by atomic mass is 10.2. The Morgan fingerprint density at radius 1 is 1.40 bits per heavy atom. The smallest absolute Gasteiger partial charge is 0.0950 e. The van der Waals surface area contributed by atoms with Gasteiger partial charge >= 0.3 is 0 Å². The molecule has 0 radical (unpaired) electrons. The number of nitrogens with zero attached hydrogens (tertiary/aromatic N) is 2. The molecule has 10 heavy (non-hydrogen) atoms. The first kappa shape index (κ1) is 7.15. The SMILES string of the molecule is Cc1ccc([C@H](C)O)nn1. The van der Waals surface area contributed by atoms with Crippen molar-refractivity contribution in [3.05, 3.63) is 23.5 Å². The highest BCUT2D eigenvalue weighted by Crippen LogP contribution is 2.05. The molecular formula is C7H10N2O. The molecule has 0 bridgehead atoms. The molecule has 0 aliphatic carbocycles. The lowest BCUT2D eigenvalue weighted by molar-refractivity contribution is 0.193. The molecule has 0 saturated heterocycles. The largest absolute Gasteiger partial charge is 0.387 e. The maximum Gasteiger partial charge on any atom is 0.0950 e. The van der Waals surface area contributed by atoms with Crippen molar-refractivity contribution < 1.29 is 5.11 Å². The molecule has 3 nitrogen and oxygen atoms in total. The van der Waals surface area contributed by atoms with Crippen LogP contribution in [0.3, 0.4) is 0 Å². The summed E-state index contributed by atoms with van der Waals surface area (Å²) in [5.74, 6) is 0. The second-order valence-electron chi connectivity index (χ2n) is 2.28.